The van der Waals surface area contributed by atoms with Gasteiger partial charge in [0.25, 0.3) is 0 Å². The van der Waals surface area contributed by atoms with Crippen LogP contribution >= 0.6 is 0 Å². The van der Waals surface area contributed by atoms with Crippen molar-refractivity contribution in [3.05, 3.63) is 41.7 Å². The molecule has 0 aliphatic heterocycles. The van der Waals surface area contributed by atoms with Crippen molar-refractivity contribution in [2.75, 3.05) is 0 Å². The van der Waals surface area contributed by atoms with Gasteiger partial charge in [-0.1, -0.05) is 26.0 Å². The van der Waals surface area contributed by atoms with Crippen molar-refractivity contribution in [1.29, 1.82) is 0 Å². The lowest BCUT2D eigenvalue weighted by Gasteiger charge is -2.09. The van der Waals surface area contributed by atoms with E-state index >= 15 is 0 Å². The zero-order valence-electron chi connectivity index (χ0n) is 11.9. The molecule has 1 heterocycles. The molecule has 1 unspecified atom stereocenters. The standard InChI is InChI=1S/C15H19N3O2/c1-10(2)8-11(3)14-9-18(17-16-14)13-6-4-12(5-7-13)15(19)20/h4-7,9-11H,8H2,1-3H3,(H,19,20). The van der Waals surface area contributed by atoms with E-state index in [1.54, 1.807) is 28.9 Å². The van der Waals surface area contributed by atoms with Gasteiger partial charge in [-0.3, -0.25) is 0 Å². The first-order valence-electron chi connectivity index (χ1n) is 6.73. The number of carboxylic acid groups (broad SMARTS) is 1. The van der Waals surface area contributed by atoms with Crippen LogP contribution in [0.3, 0.4) is 0 Å². The lowest BCUT2D eigenvalue weighted by Crippen LogP contribution is -1.99. The number of rotatable bonds is 5. The summed E-state index contributed by atoms with van der Waals surface area (Å²) in [6.45, 7) is 6.51. The smallest absolute Gasteiger partial charge is 0.335 e. The fraction of sp³-hybridized carbons (Fsp3) is 0.400. The van der Waals surface area contributed by atoms with Crippen LogP contribution in [0, 0.1) is 5.92 Å². The second-order valence-corrected chi connectivity index (χ2v) is 5.47. The Morgan fingerprint density at radius 2 is 1.90 bits per heavy atom. The molecule has 0 fully saturated rings. The minimum Gasteiger partial charge on any atom is -0.478 e. The molecule has 1 atom stereocenters. The van der Waals surface area contributed by atoms with Crippen molar-refractivity contribution in [1.82, 2.24) is 15.0 Å². The summed E-state index contributed by atoms with van der Waals surface area (Å²) in [4.78, 5) is 10.8. The van der Waals surface area contributed by atoms with E-state index in [-0.39, 0.29) is 5.56 Å². The maximum Gasteiger partial charge on any atom is 0.335 e. The minimum atomic E-state index is -0.929. The first-order valence-corrected chi connectivity index (χ1v) is 6.73. The average Bonchev–Trinajstić information content (AvgIpc) is 2.87. The molecule has 5 heteroatoms. The number of carbonyl (C=O) groups is 1. The number of benzene rings is 1. The Bertz CT molecular complexity index is 587. The Morgan fingerprint density at radius 1 is 1.25 bits per heavy atom. The number of carboxylic acids is 1. The van der Waals surface area contributed by atoms with Gasteiger partial charge >= 0.3 is 5.97 Å². The number of aromatic carboxylic acids is 1. The number of hydrogen-bond donors (Lipinski definition) is 1. The number of nitrogens with zero attached hydrogens (tertiary/aromatic N) is 3. The van der Waals surface area contributed by atoms with Crippen molar-refractivity contribution >= 4 is 5.97 Å². The maximum atomic E-state index is 10.8. The topological polar surface area (TPSA) is 68.0 Å². The van der Waals surface area contributed by atoms with Crippen LogP contribution in [0.25, 0.3) is 5.69 Å². The molecule has 0 bridgehead atoms. The van der Waals surface area contributed by atoms with E-state index in [0.29, 0.717) is 11.8 Å². The molecule has 0 aliphatic rings. The molecular weight excluding hydrogens is 254 g/mol. The van der Waals surface area contributed by atoms with Crippen molar-refractivity contribution in [3.8, 4) is 5.69 Å². The van der Waals surface area contributed by atoms with E-state index in [2.05, 4.69) is 31.1 Å². The normalized spacial score (nSPS) is 12.6. The van der Waals surface area contributed by atoms with Crippen molar-refractivity contribution in [2.45, 2.75) is 33.1 Å². The number of aromatic nitrogens is 3. The molecule has 1 aromatic carbocycles. The summed E-state index contributed by atoms with van der Waals surface area (Å²) in [7, 11) is 0. The van der Waals surface area contributed by atoms with Gasteiger partial charge in [0, 0.05) is 5.92 Å². The van der Waals surface area contributed by atoms with E-state index in [4.69, 9.17) is 5.11 Å². The van der Waals surface area contributed by atoms with Gasteiger partial charge in [0.2, 0.25) is 0 Å². The highest BCUT2D eigenvalue weighted by atomic mass is 16.4. The second kappa shape index (κ2) is 5.86. The highest BCUT2D eigenvalue weighted by Gasteiger charge is 2.12. The van der Waals surface area contributed by atoms with Gasteiger partial charge in [-0.15, -0.1) is 5.10 Å². The fourth-order valence-electron chi connectivity index (χ4n) is 2.21. The Balaban J connectivity index is 2.18. The molecule has 0 saturated heterocycles. The SMILES string of the molecule is CC(C)CC(C)c1cn(-c2ccc(C(=O)O)cc2)nn1. The van der Waals surface area contributed by atoms with Crippen LogP contribution in [-0.4, -0.2) is 26.1 Å². The fourth-order valence-corrected chi connectivity index (χ4v) is 2.21. The molecule has 5 nitrogen and oxygen atoms in total. The van der Waals surface area contributed by atoms with Gasteiger partial charge in [-0.05, 0) is 36.6 Å². The average molecular weight is 273 g/mol. The first kappa shape index (κ1) is 14.2. The van der Waals surface area contributed by atoms with Crippen molar-refractivity contribution in [3.63, 3.8) is 0 Å². The largest absolute Gasteiger partial charge is 0.478 e. The molecule has 0 saturated carbocycles. The first-order chi connectivity index (χ1) is 9.47. The lowest BCUT2D eigenvalue weighted by atomic mass is 9.97. The van der Waals surface area contributed by atoms with Gasteiger partial charge in [-0.2, -0.15) is 0 Å². The molecule has 2 aromatic rings. The molecule has 0 amide bonds. The zero-order chi connectivity index (χ0) is 14.7. The highest BCUT2D eigenvalue weighted by Crippen LogP contribution is 2.21. The van der Waals surface area contributed by atoms with Crippen LogP contribution in [0.5, 0.6) is 0 Å². The summed E-state index contributed by atoms with van der Waals surface area (Å²) in [6, 6.07) is 6.59. The van der Waals surface area contributed by atoms with E-state index in [0.717, 1.165) is 17.8 Å². The lowest BCUT2D eigenvalue weighted by molar-refractivity contribution is 0.0697. The van der Waals surface area contributed by atoms with Crippen LogP contribution < -0.4 is 0 Å². The molecule has 1 aromatic heterocycles. The van der Waals surface area contributed by atoms with Crippen LogP contribution in [0.4, 0.5) is 0 Å². The van der Waals surface area contributed by atoms with Gasteiger partial charge in [0.05, 0.1) is 23.1 Å². The summed E-state index contributed by atoms with van der Waals surface area (Å²) in [5, 5.41) is 17.2. The summed E-state index contributed by atoms with van der Waals surface area (Å²) >= 11 is 0. The second-order valence-electron chi connectivity index (χ2n) is 5.47. The highest BCUT2D eigenvalue weighted by molar-refractivity contribution is 5.87. The monoisotopic (exact) mass is 273 g/mol. The Morgan fingerprint density at radius 3 is 2.45 bits per heavy atom. The van der Waals surface area contributed by atoms with E-state index in [1.807, 2.05) is 6.20 Å². The maximum absolute atomic E-state index is 10.8. The third-order valence-corrected chi connectivity index (χ3v) is 3.22. The third kappa shape index (κ3) is 3.23. The van der Waals surface area contributed by atoms with Gasteiger partial charge in [0.1, 0.15) is 0 Å². The molecule has 0 spiro atoms. The van der Waals surface area contributed by atoms with Crippen LogP contribution in [0.2, 0.25) is 0 Å². The van der Waals surface area contributed by atoms with Crippen molar-refractivity contribution < 1.29 is 9.90 Å². The van der Waals surface area contributed by atoms with Crippen molar-refractivity contribution in [2.24, 2.45) is 5.92 Å². The molecule has 0 radical (unpaired) electrons. The zero-order valence-corrected chi connectivity index (χ0v) is 11.9. The van der Waals surface area contributed by atoms with Crippen LogP contribution in [0.15, 0.2) is 30.5 Å². The summed E-state index contributed by atoms with van der Waals surface area (Å²) in [5.41, 5.74) is 2.04. The molecule has 20 heavy (non-hydrogen) atoms. The Labute approximate surface area is 118 Å². The molecule has 106 valence electrons. The summed E-state index contributed by atoms with van der Waals surface area (Å²) < 4.78 is 1.68. The van der Waals surface area contributed by atoms with Gasteiger partial charge in [0.15, 0.2) is 0 Å². The Kier molecular flexibility index (Phi) is 4.17. The molecule has 1 N–H and O–H groups in total. The molecule has 0 aliphatic carbocycles. The predicted octanol–water partition coefficient (Wildman–Crippen LogP) is 3.12. The predicted molar refractivity (Wildman–Crippen MR) is 76.2 cm³/mol. The summed E-state index contributed by atoms with van der Waals surface area (Å²) in [6.07, 6.45) is 2.97. The van der Waals surface area contributed by atoms with E-state index in [1.165, 1.54) is 0 Å². The third-order valence-electron chi connectivity index (χ3n) is 3.22. The quantitative estimate of drug-likeness (QED) is 0.908. The molecular formula is C15H19N3O2. The number of hydrogen-bond acceptors (Lipinski definition) is 3. The van der Waals surface area contributed by atoms with Gasteiger partial charge < -0.3 is 5.11 Å². The minimum absolute atomic E-state index is 0.266. The van der Waals surface area contributed by atoms with Crippen LogP contribution in [-0.2, 0) is 0 Å². The molecule has 2 rings (SSSR count). The van der Waals surface area contributed by atoms with E-state index in [9.17, 15) is 4.79 Å². The van der Waals surface area contributed by atoms with Gasteiger partial charge in [-0.25, -0.2) is 9.48 Å². The van der Waals surface area contributed by atoms with E-state index < -0.39 is 5.97 Å². The summed E-state index contributed by atoms with van der Waals surface area (Å²) in [5.74, 6) is 0.0495. The Hall–Kier alpha value is -2.17. The van der Waals surface area contributed by atoms with Crippen LogP contribution in [0.1, 0.15) is 49.2 Å².